The molecule has 0 unspecified atom stereocenters. The second-order valence-electron chi connectivity index (χ2n) is 8.42. The van der Waals surface area contributed by atoms with Crippen LogP contribution in [0, 0.1) is 11.3 Å². The van der Waals surface area contributed by atoms with Crippen LogP contribution in [0.2, 0.25) is 0 Å². The van der Waals surface area contributed by atoms with Crippen molar-refractivity contribution in [3.8, 4) is 11.5 Å². The number of ether oxygens (including phenoxy) is 1. The Labute approximate surface area is 154 Å². The number of fused-ring (bicyclic) bond motifs is 1. The number of aliphatic hydroxyl groups excluding tert-OH is 1. The first-order chi connectivity index (χ1) is 12.1. The van der Waals surface area contributed by atoms with Crippen LogP contribution < -0.4 is 0 Å². The van der Waals surface area contributed by atoms with E-state index in [9.17, 15) is 20.1 Å². The zero-order chi connectivity index (χ0) is 19.1. The molecule has 0 radical (unpaired) electrons. The normalized spacial score (nSPS) is 32.6. The number of benzene rings is 1. The van der Waals surface area contributed by atoms with Gasteiger partial charge in [0.2, 0.25) is 0 Å². The quantitative estimate of drug-likeness (QED) is 0.427. The summed E-state index contributed by atoms with van der Waals surface area (Å²) in [5, 5.41) is 29.9. The number of aliphatic hydroxyl groups is 1. The molecular formula is C21H28O5. The summed E-state index contributed by atoms with van der Waals surface area (Å²) < 4.78 is 5.91. The van der Waals surface area contributed by atoms with E-state index in [0.29, 0.717) is 36.8 Å². The van der Waals surface area contributed by atoms with Crippen molar-refractivity contribution in [3.05, 3.63) is 35.4 Å². The molecule has 142 valence electrons. The Morgan fingerprint density at radius 2 is 1.96 bits per heavy atom. The molecule has 1 saturated heterocycles. The number of phenolic OH excluding ortho intramolecular Hbond substituents is 2. The van der Waals surface area contributed by atoms with Crippen molar-refractivity contribution in [2.24, 2.45) is 11.3 Å². The molecule has 0 aromatic heterocycles. The monoisotopic (exact) mass is 360 g/mol. The number of hydrogen-bond donors (Lipinski definition) is 3. The van der Waals surface area contributed by atoms with Gasteiger partial charge in [-0.2, -0.15) is 0 Å². The van der Waals surface area contributed by atoms with Gasteiger partial charge >= 0.3 is 5.97 Å². The number of carbonyl (C=O) groups is 1. The molecule has 1 saturated carbocycles. The van der Waals surface area contributed by atoms with Gasteiger partial charge in [0.05, 0.1) is 6.10 Å². The van der Waals surface area contributed by atoms with Crippen LogP contribution in [-0.4, -0.2) is 33.0 Å². The number of carbonyl (C=O) groups excluding carboxylic acids is 1. The summed E-state index contributed by atoms with van der Waals surface area (Å²) in [6.07, 6.45) is 4.37. The lowest BCUT2D eigenvalue weighted by Gasteiger charge is -2.51. The standard InChI is InChI=1S/C21H28O5/c1-20(2)17-9-6-13(4-5-14-12-15(22)7-8-16(14)23)19(25)26-21(17,3)11-10-18(20)24/h4,7-8,12,17-18,22-24H,5-6,9-11H2,1-3H3/t17-,18+,21+/m1/s1. The Morgan fingerprint density at radius 1 is 1.23 bits per heavy atom. The smallest absolute Gasteiger partial charge is 0.334 e. The predicted molar refractivity (Wildman–Crippen MR) is 97.8 cm³/mol. The Balaban J connectivity index is 1.84. The van der Waals surface area contributed by atoms with Crippen molar-refractivity contribution in [2.75, 3.05) is 0 Å². The van der Waals surface area contributed by atoms with Crippen LogP contribution in [0.1, 0.15) is 52.0 Å². The molecule has 1 aliphatic carbocycles. The first kappa shape index (κ1) is 18.8. The molecule has 0 amide bonds. The summed E-state index contributed by atoms with van der Waals surface area (Å²) in [5.74, 6) is -0.0648. The SMILES string of the molecule is CC1(C)[C@H]2CCC(=CCc3cc(O)ccc3O)C(=O)O[C@@]2(C)CC[C@@H]1O. The highest BCUT2D eigenvalue weighted by Gasteiger charge is 2.54. The lowest BCUT2D eigenvalue weighted by molar-refractivity contribution is -0.182. The third-order valence-corrected chi connectivity index (χ3v) is 6.33. The first-order valence-corrected chi connectivity index (χ1v) is 9.25. The van der Waals surface area contributed by atoms with Gasteiger partial charge in [-0.25, -0.2) is 4.79 Å². The molecule has 0 bridgehead atoms. The van der Waals surface area contributed by atoms with Gasteiger partial charge in [0, 0.05) is 17.1 Å². The van der Waals surface area contributed by atoms with Crippen LogP contribution >= 0.6 is 0 Å². The van der Waals surface area contributed by atoms with Gasteiger partial charge in [-0.05, 0) is 62.6 Å². The van der Waals surface area contributed by atoms with Crippen LogP contribution in [0.15, 0.2) is 29.8 Å². The van der Waals surface area contributed by atoms with Gasteiger partial charge in [0.15, 0.2) is 0 Å². The van der Waals surface area contributed by atoms with Gasteiger partial charge in [-0.3, -0.25) is 0 Å². The Kier molecular flexibility index (Phi) is 4.78. The number of phenols is 2. The fourth-order valence-corrected chi connectivity index (χ4v) is 4.62. The zero-order valence-electron chi connectivity index (χ0n) is 15.7. The average molecular weight is 360 g/mol. The van der Waals surface area contributed by atoms with Crippen LogP contribution in [-0.2, 0) is 16.0 Å². The van der Waals surface area contributed by atoms with E-state index in [4.69, 9.17) is 4.74 Å². The summed E-state index contributed by atoms with van der Waals surface area (Å²) in [6.45, 7) is 6.08. The van der Waals surface area contributed by atoms with Gasteiger partial charge in [0.1, 0.15) is 17.1 Å². The third-order valence-electron chi connectivity index (χ3n) is 6.33. The van der Waals surface area contributed by atoms with Crippen LogP contribution in [0.5, 0.6) is 11.5 Å². The van der Waals surface area contributed by atoms with Crippen molar-refractivity contribution in [1.82, 2.24) is 0 Å². The van der Waals surface area contributed by atoms with E-state index in [1.54, 1.807) is 6.08 Å². The van der Waals surface area contributed by atoms with Crippen molar-refractivity contribution in [1.29, 1.82) is 0 Å². The average Bonchev–Trinajstić information content (AvgIpc) is 2.69. The topological polar surface area (TPSA) is 87.0 Å². The minimum Gasteiger partial charge on any atom is -0.508 e. The van der Waals surface area contributed by atoms with Crippen LogP contribution in [0.4, 0.5) is 0 Å². The summed E-state index contributed by atoms with van der Waals surface area (Å²) in [5.41, 5.74) is 0.275. The molecule has 1 aromatic rings. The maximum atomic E-state index is 12.7. The highest BCUT2D eigenvalue weighted by Crippen LogP contribution is 2.52. The molecule has 1 aliphatic heterocycles. The van der Waals surface area contributed by atoms with Crippen LogP contribution in [0.3, 0.4) is 0 Å². The third kappa shape index (κ3) is 3.32. The Hall–Kier alpha value is -2.01. The number of hydrogen-bond acceptors (Lipinski definition) is 5. The molecule has 1 heterocycles. The molecular weight excluding hydrogens is 332 g/mol. The number of allylic oxidation sites excluding steroid dienone is 1. The lowest BCUT2D eigenvalue weighted by Crippen LogP contribution is -2.54. The lowest BCUT2D eigenvalue weighted by atomic mass is 9.59. The summed E-state index contributed by atoms with van der Waals surface area (Å²) >= 11 is 0. The van der Waals surface area contributed by atoms with E-state index >= 15 is 0 Å². The van der Waals surface area contributed by atoms with Gasteiger partial charge in [-0.1, -0.05) is 19.9 Å². The second kappa shape index (κ2) is 6.62. The van der Waals surface area contributed by atoms with Crippen molar-refractivity contribution >= 4 is 5.97 Å². The first-order valence-electron chi connectivity index (χ1n) is 9.25. The largest absolute Gasteiger partial charge is 0.508 e. The van der Waals surface area contributed by atoms with E-state index in [1.807, 2.05) is 20.8 Å². The van der Waals surface area contributed by atoms with Crippen molar-refractivity contribution < 1.29 is 24.9 Å². The van der Waals surface area contributed by atoms with Crippen molar-refractivity contribution in [3.63, 3.8) is 0 Å². The molecule has 3 atom stereocenters. The Morgan fingerprint density at radius 3 is 2.69 bits per heavy atom. The minimum absolute atomic E-state index is 0.0777. The maximum Gasteiger partial charge on any atom is 0.334 e. The van der Waals surface area contributed by atoms with Gasteiger partial charge in [0.25, 0.3) is 0 Å². The van der Waals surface area contributed by atoms with Gasteiger partial charge in [-0.15, -0.1) is 0 Å². The molecule has 2 aliphatic rings. The summed E-state index contributed by atoms with van der Waals surface area (Å²) in [4.78, 5) is 12.7. The van der Waals surface area contributed by atoms with E-state index in [1.165, 1.54) is 18.2 Å². The van der Waals surface area contributed by atoms with E-state index in [0.717, 1.165) is 6.42 Å². The molecule has 5 nitrogen and oxygen atoms in total. The highest BCUT2D eigenvalue weighted by molar-refractivity contribution is 5.89. The van der Waals surface area contributed by atoms with Crippen LogP contribution in [0.25, 0.3) is 0 Å². The van der Waals surface area contributed by atoms with Gasteiger partial charge < -0.3 is 20.1 Å². The number of rotatable bonds is 2. The van der Waals surface area contributed by atoms with E-state index < -0.39 is 11.7 Å². The summed E-state index contributed by atoms with van der Waals surface area (Å²) in [7, 11) is 0. The Bertz CT molecular complexity index is 736. The molecule has 1 aromatic carbocycles. The van der Waals surface area contributed by atoms with Crippen molar-refractivity contribution in [2.45, 2.75) is 64.6 Å². The summed E-state index contributed by atoms with van der Waals surface area (Å²) in [6, 6.07) is 4.36. The van der Waals surface area contributed by atoms with E-state index in [-0.39, 0.29) is 28.8 Å². The highest BCUT2D eigenvalue weighted by atomic mass is 16.6. The molecule has 26 heavy (non-hydrogen) atoms. The fraction of sp³-hybridized carbons (Fsp3) is 0.571. The number of esters is 1. The number of aromatic hydroxyl groups is 2. The molecule has 5 heteroatoms. The fourth-order valence-electron chi connectivity index (χ4n) is 4.62. The zero-order valence-corrected chi connectivity index (χ0v) is 15.7. The van der Waals surface area contributed by atoms with E-state index in [2.05, 4.69) is 0 Å². The minimum atomic E-state index is -0.567. The second-order valence-corrected chi connectivity index (χ2v) is 8.42. The predicted octanol–water partition coefficient (Wildman–Crippen LogP) is 3.46. The molecule has 3 N–H and O–H groups in total. The molecule has 2 fully saturated rings. The molecule has 0 spiro atoms. The molecule has 3 rings (SSSR count). The maximum absolute atomic E-state index is 12.7.